The lowest BCUT2D eigenvalue weighted by Gasteiger charge is -2.38. The number of hydrogen-bond donors (Lipinski definition) is 2. The van der Waals surface area contributed by atoms with Crippen LogP contribution in [-0.2, 0) is 17.3 Å². The van der Waals surface area contributed by atoms with Crippen LogP contribution in [-0.4, -0.2) is 46.8 Å². The number of aliphatic hydroxyl groups is 1. The number of nitrogens with zero attached hydrogens (tertiary/aromatic N) is 3. The molecule has 1 aliphatic rings. The molecule has 1 atom stereocenters. The molecule has 1 heterocycles. The van der Waals surface area contributed by atoms with Crippen molar-refractivity contribution in [3.8, 4) is 0 Å². The molecule has 0 spiro atoms. The molecule has 8 heteroatoms. The number of hydrogen-bond acceptors (Lipinski definition) is 4. The van der Waals surface area contributed by atoms with Gasteiger partial charge in [-0.25, -0.2) is 0 Å². The molecule has 21 heavy (non-hydrogen) atoms. The van der Waals surface area contributed by atoms with Gasteiger partial charge in [0.1, 0.15) is 0 Å². The summed E-state index contributed by atoms with van der Waals surface area (Å²) in [5, 5.41) is 13.6. The Morgan fingerprint density at radius 3 is 2.52 bits per heavy atom. The first-order valence-electron chi connectivity index (χ1n) is 7.31. The largest absolute Gasteiger partial charge is 0.393 e. The Hall–Kier alpha value is -0.960. The molecule has 0 bridgehead atoms. The predicted octanol–water partition coefficient (Wildman–Crippen LogP) is 0.408. The van der Waals surface area contributed by atoms with Gasteiger partial charge in [0.05, 0.1) is 18.3 Å². The Morgan fingerprint density at radius 1 is 1.48 bits per heavy atom. The highest BCUT2D eigenvalue weighted by molar-refractivity contribution is 7.87. The van der Waals surface area contributed by atoms with Gasteiger partial charge in [0, 0.05) is 31.9 Å². The van der Waals surface area contributed by atoms with Crippen LogP contribution >= 0.6 is 0 Å². The summed E-state index contributed by atoms with van der Waals surface area (Å²) >= 11 is 0. The van der Waals surface area contributed by atoms with E-state index in [4.69, 9.17) is 0 Å². The predicted molar refractivity (Wildman–Crippen MR) is 79.7 cm³/mol. The van der Waals surface area contributed by atoms with Gasteiger partial charge in [-0.2, -0.15) is 22.5 Å². The van der Waals surface area contributed by atoms with E-state index >= 15 is 0 Å². The van der Waals surface area contributed by atoms with Gasteiger partial charge in [-0.1, -0.05) is 13.8 Å². The zero-order valence-corrected chi connectivity index (χ0v) is 13.5. The monoisotopic (exact) mass is 316 g/mol. The maximum absolute atomic E-state index is 12.4. The Morgan fingerprint density at radius 2 is 2.10 bits per heavy atom. The lowest BCUT2D eigenvalue weighted by Crippen LogP contribution is -2.46. The van der Waals surface area contributed by atoms with Gasteiger partial charge in [-0.3, -0.25) is 4.68 Å². The lowest BCUT2D eigenvalue weighted by molar-refractivity contribution is 0.0277. The molecule has 120 valence electrons. The highest BCUT2D eigenvalue weighted by Gasteiger charge is 2.38. The summed E-state index contributed by atoms with van der Waals surface area (Å²) in [6.07, 6.45) is 4.40. The fourth-order valence-corrected chi connectivity index (χ4v) is 4.22. The maximum Gasteiger partial charge on any atom is 0.279 e. The quantitative estimate of drug-likeness (QED) is 0.762. The molecular formula is C13H24N4O3S. The van der Waals surface area contributed by atoms with E-state index in [0.717, 1.165) is 5.56 Å². The van der Waals surface area contributed by atoms with E-state index in [1.807, 2.05) is 20.0 Å². The molecule has 7 nitrogen and oxygen atoms in total. The van der Waals surface area contributed by atoms with Crippen molar-refractivity contribution in [2.24, 2.45) is 13.0 Å². The molecule has 1 aromatic heterocycles. The van der Waals surface area contributed by atoms with E-state index in [2.05, 4.69) is 9.82 Å². The van der Waals surface area contributed by atoms with Crippen molar-refractivity contribution in [1.82, 2.24) is 18.8 Å². The summed E-state index contributed by atoms with van der Waals surface area (Å²) in [5.41, 5.74) is 0.838. The van der Waals surface area contributed by atoms with Crippen molar-refractivity contribution >= 4 is 10.2 Å². The van der Waals surface area contributed by atoms with Gasteiger partial charge in [-0.05, 0) is 18.8 Å². The van der Waals surface area contributed by atoms with Crippen LogP contribution in [0.5, 0.6) is 0 Å². The van der Waals surface area contributed by atoms with Crippen LogP contribution in [0.3, 0.4) is 0 Å². The molecule has 0 amide bonds. The van der Waals surface area contributed by atoms with Gasteiger partial charge in [0.15, 0.2) is 0 Å². The second-order valence-electron chi connectivity index (χ2n) is 5.52. The Kier molecular flexibility index (Phi) is 5.03. The van der Waals surface area contributed by atoms with E-state index < -0.39 is 10.2 Å². The molecule has 2 rings (SSSR count). The summed E-state index contributed by atoms with van der Waals surface area (Å²) in [7, 11) is -1.73. The van der Waals surface area contributed by atoms with Crippen molar-refractivity contribution in [3.63, 3.8) is 0 Å². The topological polar surface area (TPSA) is 87.5 Å². The standard InChI is InChI=1S/C13H24N4O3S/c1-4-17(5-2)21(19,20)15-13(10-6-12(18)7-10)11-8-14-16(3)9-11/h8-10,12-13,15,18H,4-7H2,1-3H3/t10?,12?,13-/m1/s1. The molecule has 1 fully saturated rings. The van der Waals surface area contributed by atoms with Gasteiger partial charge in [0.2, 0.25) is 0 Å². The second kappa shape index (κ2) is 6.43. The number of aliphatic hydroxyl groups excluding tert-OH is 1. The average Bonchev–Trinajstić information content (AvgIpc) is 2.80. The number of aromatic nitrogens is 2. The number of aryl methyl sites for hydroxylation is 1. The summed E-state index contributed by atoms with van der Waals surface area (Å²) in [6, 6.07) is -0.340. The molecule has 0 unspecified atom stereocenters. The highest BCUT2D eigenvalue weighted by atomic mass is 32.2. The molecule has 0 radical (unpaired) electrons. The summed E-state index contributed by atoms with van der Waals surface area (Å²) in [6.45, 7) is 4.49. The highest BCUT2D eigenvalue weighted by Crippen LogP contribution is 2.38. The molecule has 0 saturated heterocycles. The van der Waals surface area contributed by atoms with Crippen molar-refractivity contribution in [3.05, 3.63) is 18.0 Å². The fraction of sp³-hybridized carbons (Fsp3) is 0.769. The first-order chi connectivity index (χ1) is 9.87. The van der Waals surface area contributed by atoms with Gasteiger partial charge in [0.25, 0.3) is 10.2 Å². The van der Waals surface area contributed by atoms with Crippen molar-refractivity contribution < 1.29 is 13.5 Å². The minimum Gasteiger partial charge on any atom is -0.393 e. The van der Waals surface area contributed by atoms with Gasteiger partial charge in [-0.15, -0.1) is 0 Å². The van der Waals surface area contributed by atoms with E-state index in [9.17, 15) is 13.5 Å². The first-order valence-corrected chi connectivity index (χ1v) is 8.75. The van der Waals surface area contributed by atoms with Crippen molar-refractivity contribution in [1.29, 1.82) is 0 Å². The third-order valence-corrected chi connectivity index (χ3v) is 5.77. The van der Waals surface area contributed by atoms with Crippen LogP contribution in [0, 0.1) is 5.92 Å². The van der Waals surface area contributed by atoms with E-state index in [1.165, 1.54) is 4.31 Å². The van der Waals surface area contributed by atoms with Crippen LogP contribution < -0.4 is 4.72 Å². The zero-order chi connectivity index (χ0) is 15.6. The molecule has 0 aromatic carbocycles. The molecule has 1 aromatic rings. The van der Waals surface area contributed by atoms with Crippen LogP contribution in [0.1, 0.15) is 38.3 Å². The minimum absolute atomic E-state index is 0.106. The first kappa shape index (κ1) is 16.4. The second-order valence-corrected chi connectivity index (χ2v) is 7.22. The number of nitrogens with one attached hydrogen (secondary N) is 1. The lowest BCUT2D eigenvalue weighted by atomic mass is 9.76. The van der Waals surface area contributed by atoms with E-state index in [-0.39, 0.29) is 18.1 Å². The van der Waals surface area contributed by atoms with E-state index in [1.54, 1.807) is 17.9 Å². The molecule has 1 aliphatic carbocycles. The van der Waals surface area contributed by atoms with E-state index in [0.29, 0.717) is 25.9 Å². The van der Waals surface area contributed by atoms with Gasteiger partial charge >= 0.3 is 0 Å². The third kappa shape index (κ3) is 3.63. The Bertz CT molecular complexity index is 562. The number of rotatable bonds is 7. The summed E-state index contributed by atoms with van der Waals surface area (Å²) in [4.78, 5) is 0. The molecule has 2 N–H and O–H groups in total. The third-order valence-electron chi connectivity index (χ3n) is 4.03. The summed E-state index contributed by atoms with van der Waals surface area (Å²) < 4.78 is 30.7. The minimum atomic E-state index is -3.53. The SMILES string of the molecule is CCN(CC)S(=O)(=O)N[C@@H](c1cnn(C)c1)C1CC(O)C1. The van der Waals surface area contributed by atoms with Crippen molar-refractivity contribution in [2.45, 2.75) is 38.8 Å². The Balaban J connectivity index is 2.20. The molecule has 0 aliphatic heterocycles. The normalized spacial score (nSPS) is 24.0. The maximum atomic E-state index is 12.4. The molecular weight excluding hydrogens is 292 g/mol. The van der Waals surface area contributed by atoms with Crippen molar-refractivity contribution in [2.75, 3.05) is 13.1 Å². The van der Waals surface area contributed by atoms with Gasteiger partial charge < -0.3 is 5.11 Å². The fourth-order valence-electron chi connectivity index (χ4n) is 2.74. The zero-order valence-electron chi connectivity index (χ0n) is 12.7. The Labute approximate surface area is 126 Å². The van der Waals surface area contributed by atoms with Crippen LogP contribution in [0.25, 0.3) is 0 Å². The molecule has 1 saturated carbocycles. The smallest absolute Gasteiger partial charge is 0.279 e. The van der Waals surface area contributed by atoms with Crippen LogP contribution in [0.2, 0.25) is 0 Å². The average molecular weight is 316 g/mol. The van der Waals surface area contributed by atoms with Crippen LogP contribution in [0.4, 0.5) is 0 Å². The summed E-state index contributed by atoms with van der Waals surface area (Å²) in [5.74, 6) is 0.106. The van der Waals surface area contributed by atoms with Crippen LogP contribution in [0.15, 0.2) is 12.4 Å².